The molecule has 0 spiro atoms. The van der Waals surface area contributed by atoms with Crippen LogP contribution in [0.4, 0.5) is 0 Å². The lowest BCUT2D eigenvalue weighted by Gasteiger charge is -2.01. The molecule has 0 aliphatic carbocycles. The summed E-state index contributed by atoms with van der Waals surface area (Å²) in [6.07, 6.45) is 4.20. The van der Waals surface area contributed by atoms with Gasteiger partial charge in [0.2, 0.25) is 0 Å². The van der Waals surface area contributed by atoms with Crippen LogP contribution in [0, 0.1) is 0 Å². The molecule has 0 N–H and O–H groups in total. The summed E-state index contributed by atoms with van der Waals surface area (Å²) in [5, 5.41) is 0. The second kappa shape index (κ2) is 6.35. The average Bonchev–Trinajstić information content (AvgIpc) is 2.96. The second-order valence-electron chi connectivity index (χ2n) is 3.75. The molecule has 2 aromatic rings. The third kappa shape index (κ3) is 3.96. The summed E-state index contributed by atoms with van der Waals surface area (Å²) in [5.74, 6) is -0.271. The molecule has 19 heavy (non-hydrogen) atoms. The van der Waals surface area contributed by atoms with Gasteiger partial charge in [0.05, 0.1) is 6.26 Å². The maximum absolute atomic E-state index is 11.7. The predicted molar refractivity (Wildman–Crippen MR) is 69.5 cm³/mol. The van der Waals surface area contributed by atoms with Gasteiger partial charge in [0.1, 0.15) is 5.76 Å². The van der Waals surface area contributed by atoms with Gasteiger partial charge in [0, 0.05) is 11.6 Å². The third-order valence-corrected chi connectivity index (χ3v) is 2.37. The van der Waals surface area contributed by atoms with Gasteiger partial charge in [-0.15, -0.1) is 0 Å². The number of ketones is 1. The minimum absolute atomic E-state index is 0.236. The molecule has 0 unspecified atom stereocenters. The zero-order chi connectivity index (χ0) is 13.5. The van der Waals surface area contributed by atoms with E-state index in [0.29, 0.717) is 11.3 Å². The van der Waals surface area contributed by atoms with E-state index >= 15 is 0 Å². The molecule has 96 valence electrons. The highest BCUT2D eigenvalue weighted by Gasteiger charge is 2.07. The van der Waals surface area contributed by atoms with Gasteiger partial charge in [-0.3, -0.25) is 4.79 Å². The molecule has 4 heteroatoms. The molecule has 0 aliphatic heterocycles. The quantitative estimate of drug-likeness (QED) is 0.469. The van der Waals surface area contributed by atoms with Crippen LogP contribution < -0.4 is 0 Å². The highest BCUT2D eigenvalue weighted by molar-refractivity contribution is 5.98. The number of furan rings is 1. The van der Waals surface area contributed by atoms with Gasteiger partial charge in [-0.2, -0.15) is 0 Å². The number of carbonyl (C=O) groups is 2. The largest absolute Gasteiger partial charge is 0.465 e. The molecule has 0 atom stereocenters. The highest BCUT2D eigenvalue weighted by Crippen LogP contribution is 2.03. The first-order chi connectivity index (χ1) is 9.25. The zero-order valence-electron chi connectivity index (χ0n) is 10.1. The van der Waals surface area contributed by atoms with Crippen LogP contribution in [0.25, 0.3) is 6.08 Å². The molecule has 0 fully saturated rings. The van der Waals surface area contributed by atoms with Crippen molar-refractivity contribution < 1.29 is 18.7 Å². The first-order valence-corrected chi connectivity index (χ1v) is 5.72. The summed E-state index contributed by atoms with van der Waals surface area (Å²) in [6, 6.07) is 12.1. The Morgan fingerprint density at radius 1 is 1.11 bits per heavy atom. The molecule has 0 aliphatic rings. The smallest absolute Gasteiger partial charge is 0.331 e. The maximum Gasteiger partial charge on any atom is 0.331 e. The minimum Gasteiger partial charge on any atom is -0.465 e. The molecule has 0 saturated heterocycles. The molecule has 0 saturated carbocycles. The lowest BCUT2D eigenvalue weighted by Crippen LogP contribution is -2.12. The molecule has 0 bridgehead atoms. The topological polar surface area (TPSA) is 56.5 Å². The maximum atomic E-state index is 11.7. The van der Waals surface area contributed by atoms with Crippen molar-refractivity contribution in [1.29, 1.82) is 0 Å². The highest BCUT2D eigenvalue weighted by atomic mass is 16.5. The molecule has 1 aromatic heterocycles. The Balaban J connectivity index is 1.82. The summed E-state index contributed by atoms with van der Waals surface area (Å²) < 4.78 is 9.86. The van der Waals surface area contributed by atoms with E-state index in [9.17, 15) is 9.59 Å². The van der Waals surface area contributed by atoms with Crippen LogP contribution in [0.1, 0.15) is 16.1 Å². The fourth-order valence-corrected chi connectivity index (χ4v) is 1.43. The van der Waals surface area contributed by atoms with Crippen molar-refractivity contribution in [2.24, 2.45) is 0 Å². The van der Waals surface area contributed by atoms with Gasteiger partial charge in [0.25, 0.3) is 0 Å². The molecular weight excluding hydrogens is 244 g/mol. The van der Waals surface area contributed by atoms with Crippen LogP contribution >= 0.6 is 0 Å². The Labute approximate surface area is 110 Å². The van der Waals surface area contributed by atoms with Crippen molar-refractivity contribution in [2.75, 3.05) is 6.61 Å². The van der Waals surface area contributed by atoms with Crippen LogP contribution in [-0.2, 0) is 9.53 Å². The number of rotatable bonds is 5. The number of hydrogen-bond donors (Lipinski definition) is 0. The van der Waals surface area contributed by atoms with Crippen molar-refractivity contribution in [1.82, 2.24) is 0 Å². The molecule has 0 amide bonds. The van der Waals surface area contributed by atoms with Crippen LogP contribution in [0.2, 0.25) is 0 Å². The lowest BCUT2D eigenvalue weighted by atomic mass is 10.1. The molecule has 2 rings (SSSR count). The van der Waals surface area contributed by atoms with E-state index in [1.165, 1.54) is 18.4 Å². The number of hydrogen-bond acceptors (Lipinski definition) is 4. The zero-order valence-corrected chi connectivity index (χ0v) is 10.1. The van der Waals surface area contributed by atoms with Crippen LogP contribution in [0.15, 0.2) is 59.2 Å². The minimum atomic E-state index is -0.583. The van der Waals surface area contributed by atoms with Crippen molar-refractivity contribution in [2.45, 2.75) is 0 Å². The van der Waals surface area contributed by atoms with Crippen molar-refractivity contribution >= 4 is 17.8 Å². The summed E-state index contributed by atoms with van der Waals surface area (Å²) in [7, 11) is 0. The van der Waals surface area contributed by atoms with E-state index in [0.717, 1.165) is 0 Å². The Hall–Kier alpha value is -2.62. The number of esters is 1. The van der Waals surface area contributed by atoms with Gasteiger partial charge >= 0.3 is 5.97 Å². The summed E-state index contributed by atoms with van der Waals surface area (Å²) in [5.41, 5.74) is 0.519. The van der Waals surface area contributed by atoms with E-state index in [4.69, 9.17) is 9.15 Å². The standard InChI is InChI=1S/C15H12O4/c16-14(12-5-2-1-3-6-12)11-19-15(17)9-8-13-7-4-10-18-13/h1-10H,11H2/b9-8+. The Bertz CT molecular complexity index is 567. The fourth-order valence-electron chi connectivity index (χ4n) is 1.43. The first kappa shape index (κ1) is 12.8. The molecule has 4 nitrogen and oxygen atoms in total. The third-order valence-electron chi connectivity index (χ3n) is 2.37. The molecule has 1 heterocycles. The predicted octanol–water partition coefficient (Wildman–Crippen LogP) is 2.72. The van der Waals surface area contributed by atoms with Gasteiger partial charge in [-0.25, -0.2) is 4.79 Å². The normalized spacial score (nSPS) is 10.5. The van der Waals surface area contributed by atoms with Crippen molar-refractivity contribution in [3.8, 4) is 0 Å². The first-order valence-electron chi connectivity index (χ1n) is 5.72. The van der Waals surface area contributed by atoms with Crippen molar-refractivity contribution in [3.63, 3.8) is 0 Å². The van der Waals surface area contributed by atoms with Gasteiger partial charge in [0.15, 0.2) is 12.4 Å². The Morgan fingerprint density at radius 3 is 2.58 bits per heavy atom. The average molecular weight is 256 g/mol. The van der Waals surface area contributed by atoms with Crippen LogP contribution in [0.5, 0.6) is 0 Å². The van der Waals surface area contributed by atoms with E-state index in [1.54, 1.807) is 36.4 Å². The van der Waals surface area contributed by atoms with E-state index in [2.05, 4.69) is 0 Å². The van der Waals surface area contributed by atoms with E-state index < -0.39 is 5.97 Å². The summed E-state index contributed by atoms with van der Waals surface area (Å²) in [4.78, 5) is 23.0. The monoisotopic (exact) mass is 256 g/mol. The molecular formula is C15H12O4. The van der Waals surface area contributed by atoms with Crippen LogP contribution in [-0.4, -0.2) is 18.4 Å². The Morgan fingerprint density at radius 2 is 1.89 bits per heavy atom. The van der Waals surface area contributed by atoms with Gasteiger partial charge in [-0.1, -0.05) is 30.3 Å². The Kier molecular flexibility index (Phi) is 4.29. The lowest BCUT2D eigenvalue weighted by molar-refractivity contribution is -0.136. The molecule has 1 aromatic carbocycles. The summed E-state index contributed by atoms with van der Waals surface area (Å²) >= 11 is 0. The number of carbonyl (C=O) groups excluding carboxylic acids is 2. The fraction of sp³-hybridized carbons (Fsp3) is 0.0667. The molecule has 0 radical (unpaired) electrons. The SMILES string of the molecule is O=C(/C=C/c1ccco1)OCC(=O)c1ccccc1. The van der Waals surface area contributed by atoms with Gasteiger partial charge in [-0.05, 0) is 18.2 Å². The van der Waals surface area contributed by atoms with Gasteiger partial charge < -0.3 is 9.15 Å². The van der Waals surface area contributed by atoms with Crippen LogP contribution in [0.3, 0.4) is 0 Å². The summed E-state index contributed by atoms with van der Waals surface area (Å²) in [6.45, 7) is -0.272. The number of Topliss-reactive ketones (excluding diaryl/α,β-unsaturated/α-hetero) is 1. The van der Waals surface area contributed by atoms with Crippen molar-refractivity contribution in [3.05, 3.63) is 66.1 Å². The van der Waals surface area contributed by atoms with E-state index in [-0.39, 0.29) is 12.4 Å². The number of benzene rings is 1. The number of ether oxygens (including phenoxy) is 1. The second-order valence-corrected chi connectivity index (χ2v) is 3.75. The van der Waals surface area contributed by atoms with E-state index in [1.807, 2.05) is 6.07 Å².